The van der Waals surface area contributed by atoms with Gasteiger partial charge in [-0.15, -0.1) is 5.10 Å². The van der Waals surface area contributed by atoms with Crippen LogP contribution in [0.2, 0.25) is 0 Å². The zero-order valence-corrected chi connectivity index (χ0v) is 7.94. The summed E-state index contributed by atoms with van der Waals surface area (Å²) in [5, 5.41) is 9.18. The molecule has 3 nitrogen and oxygen atoms in total. The molecule has 0 aliphatic rings. The monoisotopic (exact) mass is 175 g/mol. The molecule has 0 N–H and O–H groups in total. The lowest BCUT2D eigenvalue weighted by molar-refractivity contribution is 0.543. The molecule has 2 aromatic heterocycles. The summed E-state index contributed by atoms with van der Waals surface area (Å²) in [7, 11) is 0. The molecule has 0 amide bonds. The van der Waals surface area contributed by atoms with Crippen LogP contribution in [0.4, 0.5) is 0 Å². The highest BCUT2D eigenvalue weighted by Gasteiger charge is 2.06. The Morgan fingerprint density at radius 3 is 3.08 bits per heavy atom. The van der Waals surface area contributed by atoms with Gasteiger partial charge in [-0.25, -0.2) is 0 Å². The van der Waals surface area contributed by atoms with Gasteiger partial charge in [0, 0.05) is 17.6 Å². The Morgan fingerprint density at radius 2 is 2.31 bits per heavy atom. The van der Waals surface area contributed by atoms with Gasteiger partial charge in [0.1, 0.15) is 0 Å². The van der Waals surface area contributed by atoms with Crippen LogP contribution in [0.15, 0.2) is 24.5 Å². The topological polar surface area (TPSA) is 30.7 Å². The standard InChI is InChI=1S/C10H13N3/c1-3-8(2)13-7-5-9-4-6-11-12-10(9)13/h4-8H,3H2,1-2H3. The lowest BCUT2D eigenvalue weighted by Gasteiger charge is -2.10. The van der Waals surface area contributed by atoms with E-state index in [0.29, 0.717) is 6.04 Å². The molecule has 2 heterocycles. The maximum atomic E-state index is 4.12. The van der Waals surface area contributed by atoms with E-state index in [1.807, 2.05) is 6.07 Å². The van der Waals surface area contributed by atoms with E-state index in [4.69, 9.17) is 0 Å². The molecule has 0 aromatic carbocycles. The van der Waals surface area contributed by atoms with Crippen LogP contribution in [0.1, 0.15) is 26.3 Å². The van der Waals surface area contributed by atoms with Crippen molar-refractivity contribution in [3.05, 3.63) is 24.5 Å². The molecule has 1 unspecified atom stereocenters. The Kier molecular flexibility index (Phi) is 2.00. The van der Waals surface area contributed by atoms with Crippen molar-refractivity contribution in [3.63, 3.8) is 0 Å². The van der Waals surface area contributed by atoms with Crippen LogP contribution in [-0.4, -0.2) is 14.8 Å². The fourth-order valence-corrected chi connectivity index (χ4v) is 1.45. The Balaban J connectivity index is 2.57. The average Bonchev–Trinajstić information content (AvgIpc) is 2.60. The van der Waals surface area contributed by atoms with E-state index in [-0.39, 0.29) is 0 Å². The largest absolute Gasteiger partial charge is 0.328 e. The molecule has 2 rings (SSSR count). The lowest BCUT2D eigenvalue weighted by atomic mass is 10.2. The molecular formula is C10H13N3. The maximum Gasteiger partial charge on any atom is 0.162 e. The van der Waals surface area contributed by atoms with Crippen LogP contribution in [-0.2, 0) is 0 Å². The average molecular weight is 175 g/mol. The molecular weight excluding hydrogens is 162 g/mol. The number of hydrogen-bond acceptors (Lipinski definition) is 2. The summed E-state index contributed by atoms with van der Waals surface area (Å²) in [5.41, 5.74) is 0.983. The van der Waals surface area contributed by atoms with Gasteiger partial charge in [0.2, 0.25) is 0 Å². The van der Waals surface area contributed by atoms with Crippen molar-refractivity contribution in [2.45, 2.75) is 26.3 Å². The minimum Gasteiger partial charge on any atom is -0.328 e. The molecule has 0 spiro atoms. The van der Waals surface area contributed by atoms with Crippen LogP contribution in [0.25, 0.3) is 11.0 Å². The Labute approximate surface area is 77.4 Å². The summed E-state index contributed by atoms with van der Waals surface area (Å²) in [4.78, 5) is 0. The molecule has 0 saturated carbocycles. The van der Waals surface area contributed by atoms with Crippen LogP contribution in [0.5, 0.6) is 0 Å². The predicted molar refractivity (Wildman–Crippen MR) is 52.5 cm³/mol. The first-order valence-electron chi connectivity index (χ1n) is 4.61. The van der Waals surface area contributed by atoms with Crippen molar-refractivity contribution in [2.75, 3.05) is 0 Å². The number of hydrogen-bond donors (Lipinski definition) is 0. The fraction of sp³-hybridized carbons (Fsp3) is 0.400. The first-order valence-corrected chi connectivity index (χ1v) is 4.61. The molecule has 1 atom stereocenters. The van der Waals surface area contributed by atoms with E-state index < -0.39 is 0 Å². The Hall–Kier alpha value is -1.38. The lowest BCUT2D eigenvalue weighted by Crippen LogP contribution is -2.03. The number of nitrogens with zero attached hydrogens (tertiary/aromatic N) is 3. The van der Waals surface area contributed by atoms with Gasteiger partial charge < -0.3 is 4.57 Å². The van der Waals surface area contributed by atoms with Gasteiger partial charge in [-0.1, -0.05) is 6.92 Å². The van der Waals surface area contributed by atoms with Crippen LogP contribution >= 0.6 is 0 Å². The number of fused-ring (bicyclic) bond motifs is 1. The highest BCUT2D eigenvalue weighted by Crippen LogP contribution is 2.18. The molecule has 3 heteroatoms. The zero-order valence-electron chi connectivity index (χ0n) is 7.94. The van der Waals surface area contributed by atoms with Crippen LogP contribution in [0.3, 0.4) is 0 Å². The predicted octanol–water partition coefficient (Wildman–Crippen LogP) is 2.40. The molecule has 2 aromatic rings. The molecule has 0 saturated heterocycles. The van der Waals surface area contributed by atoms with E-state index in [2.05, 4.69) is 40.9 Å². The van der Waals surface area contributed by atoms with Gasteiger partial charge in [-0.2, -0.15) is 5.10 Å². The molecule has 13 heavy (non-hydrogen) atoms. The highest BCUT2D eigenvalue weighted by molar-refractivity contribution is 5.75. The van der Waals surface area contributed by atoms with Crippen LogP contribution < -0.4 is 0 Å². The Morgan fingerprint density at radius 1 is 1.46 bits per heavy atom. The van der Waals surface area contributed by atoms with Crippen molar-refractivity contribution >= 4 is 11.0 Å². The van der Waals surface area contributed by atoms with Gasteiger partial charge >= 0.3 is 0 Å². The first-order chi connectivity index (χ1) is 6.33. The van der Waals surface area contributed by atoms with Crippen molar-refractivity contribution in [1.29, 1.82) is 0 Å². The minimum atomic E-state index is 0.495. The van der Waals surface area contributed by atoms with Crippen molar-refractivity contribution in [1.82, 2.24) is 14.8 Å². The summed E-state index contributed by atoms with van der Waals surface area (Å²) in [5.74, 6) is 0. The Bertz CT molecular complexity index is 405. The van der Waals surface area contributed by atoms with Gasteiger partial charge in [0.05, 0.1) is 6.20 Å². The second kappa shape index (κ2) is 3.17. The molecule has 68 valence electrons. The third-order valence-corrected chi connectivity index (χ3v) is 2.46. The maximum absolute atomic E-state index is 4.12. The van der Waals surface area contributed by atoms with Gasteiger partial charge in [-0.05, 0) is 25.5 Å². The quantitative estimate of drug-likeness (QED) is 0.701. The van der Waals surface area contributed by atoms with E-state index in [9.17, 15) is 0 Å². The third-order valence-electron chi connectivity index (χ3n) is 2.46. The van der Waals surface area contributed by atoms with E-state index in [1.165, 1.54) is 0 Å². The summed E-state index contributed by atoms with van der Waals surface area (Å²) < 4.78 is 2.17. The van der Waals surface area contributed by atoms with E-state index in [1.54, 1.807) is 6.20 Å². The van der Waals surface area contributed by atoms with Crippen LogP contribution in [0, 0.1) is 0 Å². The number of aromatic nitrogens is 3. The second-order valence-corrected chi connectivity index (χ2v) is 3.29. The number of rotatable bonds is 2. The third kappa shape index (κ3) is 1.30. The summed E-state index contributed by atoms with van der Waals surface area (Å²) in [6.07, 6.45) is 4.91. The molecule has 0 aliphatic carbocycles. The van der Waals surface area contributed by atoms with Crippen molar-refractivity contribution < 1.29 is 0 Å². The van der Waals surface area contributed by atoms with Gasteiger partial charge in [0.15, 0.2) is 5.65 Å². The van der Waals surface area contributed by atoms with E-state index in [0.717, 1.165) is 17.5 Å². The summed E-state index contributed by atoms with van der Waals surface area (Å²) in [6, 6.07) is 4.56. The highest BCUT2D eigenvalue weighted by atomic mass is 15.2. The summed E-state index contributed by atoms with van der Waals surface area (Å²) in [6.45, 7) is 4.36. The second-order valence-electron chi connectivity index (χ2n) is 3.29. The van der Waals surface area contributed by atoms with Gasteiger partial charge in [-0.3, -0.25) is 0 Å². The first kappa shape index (κ1) is 8.23. The smallest absolute Gasteiger partial charge is 0.162 e. The SMILES string of the molecule is CCC(C)n1ccc2ccnnc21. The molecule has 0 fully saturated rings. The van der Waals surface area contributed by atoms with Crippen molar-refractivity contribution in [2.24, 2.45) is 0 Å². The zero-order chi connectivity index (χ0) is 9.26. The normalized spacial score (nSPS) is 13.4. The molecule has 0 bridgehead atoms. The molecule has 0 radical (unpaired) electrons. The van der Waals surface area contributed by atoms with E-state index >= 15 is 0 Å². The molecule has 0 aliphatic heterocycles. The summed E-state index contributed by atoms with van der Waals surface area (Å²) >= 11 is 0. The minimum absolute atomic E-state index is 0.495. The fourth-order valence-electron chi connectivity index (χ4n) is 1.45. The van der Waals surface area contributed by atoms with Gasteiger partial charge in [0.25, 0.3) is 0 Å². The van der Waals surface area contributed by atoms with Crippen molar-refractivity contribution in [3.8, 4) is 0 Å².